The van der Waals surface area contributed by atoms with Crippen molar-refractivity contribution in [2.75, 3.05) is 13.2 Å². The van der Waals surface area contributed by atoms with E-state index < -0.39 is 0 Å². The molecule has 2 aromatic carbocycles. The van der Waals surface area contributed by atoms with Gasteiger partial charge in [-0.1, -0.05) is 60.7 Å². The second-order valence-electron chi connectivity index (χ2n) is 7.97. The number of benzene rings is 2. The normalized spacial score (nSPS) is 30.1. The molecule has 2 aromatic rings. The van der Waals surface area contributed by atoms with Gasteiger partial charge in [0, 0.05) is 19.0 Å². The van der Waals surface area contributed by atoms with Crippen LogP contribution in [0.4, 0.5) is 0 Å². The molecule has 0 aromatic heterocycles. The molecule has 3 heterocycles. The highest BCUT2D eigenvalue weighted by Crippen LogP contribution is 2.49. The Labute approximate surface area is 155 Å². The molecule has 3 aliphatic heterocycles. The van der Waals surface area contributed by atoms with Crippen LogP contribution in [-0.4, -0.2) is 36.0 Å². The molecule has 3 heteroatoms. The summed E-state index contributed by atoms with van der Waals surface area (Å²) in [5, 5.41) is 0. The van der Waals surface area contributed by atoms with Gasteiger partial charge in [0.25, 0.3) is 0 Å². The molecule has 0 N–H and O–H groups in total. The van der Waals surface area contributed by atoms with E-state index in [1.165, 1.54) is 24.0 Å². The van der Waals surface area contributed by atoms with Gasteiger partial charge in [0.1, 0.15) is 0 Å². The number of piperidine rings is 1. The van der Waals surface area contributed by atoms with Gasteiger partial charge in [-0.2, -0.15) is 0 Å². The van der Waals surface area contributed by atoms with E-state index in [-0.39, 0.29) is 5.79 Å². The minimum absolute atomic E-state index is 0.364. The second-order valence-corrected chi connectivity index (χ2v) is 7.97. The van der Waals surface area contributed by atoms with E-state index in [1.54, 1.807) is 0 Å². The molecule has 0 saturated carbocycles. The fourth-order valence-electron chi connectivity index (χ4n) is 5.40. The summed E-state index contributed by atoms with van der Waals surface area (Å²) in [6.07, 6.45) is 4.54. The number of rotatable bonds is 4. The van der Waals surface area contributed by atoms with Crippen molar-refractivity contribution >= 4 is 0 Å². The summed E-state index contributed by atoms with van der Waals surface area (Å²) in [4.78, 5) is 2.69. The Kier molecular flexibility index (Phi) is 4.32. The van der Waals surface area contributed by atoms with Gasteiger partial charge in [-0.05, 0) is 36.3 Å². The van der Waals surface area contributed by atoms with E-state index in [4.69, 9.17) is 9.47 Å². The molecule has 1 spiro atoms. The van der Waals surface area contributed by atoms with E-state index in [0.717, 1.165) is 32.6 Å². The van der Waals surface area contributed by atoms with Crippen LogP contribution in [0, 0.1) is 5.92 Å². The van der Waals surface area contributed by atoms with Gasteiger partial charge in [0.15, 0.2) is 5.79 Å². The molecule has 0 aliphatic carbocycles. The fourth-order valence-corrected chi connectivity index (χ4v) is 5.40. The molecule has 3 atom stereocenters. The third-order valence-electron chi connectivity index (χ3n) is 6.52. The molecule has 136 valence electrons. The van der Waals surface area contributed by atoms with Crippen molar-refractivity contribution in [2.45, 2.75) is 50.1 Å². The van der Waals surface area contributed by atoms with Crippen LogP contribution in [0.1, 0.15) is 30.4 Å². The average molecular weight is 349 g/mol. The Hall–Kier alpha value is -1.68. The molecule has 26 heavy (non-hydrogen) atoms. The van der Waals surface area contributed by atoms with Crippen molar-refractivity contribution < 1.29 is 9.47 Å². The van der Waals surface area contributed by atoms with Gasteiger partial charge < -0.3 is 9.47 Å². The Morgan fingerprint density at radius 2 is 1.54 bits per heavy atom. The Bertz CT molecular complexity index is 726. The lowest BCUT2D eigenvalue weighted by Crippen LogP contribution is -2.56. The third kappa shape index (κ3) is 2.88. The summed E-state index contributed by atoms with van der Waals surface area (Å²) in [5.74, 6) is 0.315. The fraction of sp³-hybridized carbons (Fsp3) is 0.478. The quantitative estimate of drug-likeness (QED) is 0.832. The van der Waals surface area contributed by atoms with Gasteiger partial charge in [-0.15, -0.1) is 0 Å². The predicted molar refractivity (Wildman–Crippen MR) is 102 cm³/mol. The first-order chi connectivity index (χ1) is 12.8. The molecule has 3 saturated heterocycles. The van der Waals surface area contributed by atoms with Crippen LogP contribution in [0.15, 0.2) is 60.7 Å². The molecule has 3 fully saturated rings. The maximum Gasteiger partial charge on any atom is 0.184 e. The number of ether oxygens (including phenoxy) is 2. The molecule has 0 radical (unpaired) electrons. The van der Waals surface area contributed by atoms with E-state index in [2.05, 4.69) is 65.6 Å². The topological polar surface area (TPSA) is 21.7 Å². The zero-order valence-electron chi connectivity index (χ0n) is 15.2. The minimum Gasteiger partial charge on any atom is -0.346 e. The summed E-state index contributed by atoms with van der Waals surface area (Å²) in [6.45, 7) is 2.48. The Morgan fingerprint density at radius 3 is 2.23 bits per heavy atom. The van der Waals surface area contributed by atoms with Gasteiger partial charge >= 0.3 is 0 Å². The summed E-state index contributed by atoms with van der Waals surface area (Å²) < 4.78 is 12.4. The van der Waals surface area contributed by atoms with Gasteiger partial charge in [-0.25, -0.2) is 0 Å². The van der Waals surface area contributed by atoms with Crippen LogP contribution in [0.3, 0.4) is 0 Å². The summed E-state index contributed by atoms with van der Waals surface area (Å²) in [6, 6.07) is 22.8. The van der Waals surface area contributed by atoms with Crippen LogP contribution in [0.5, 0.6) is 0 Å². The maximum atomic E-state index is 6.21. The number of hydrogen-bond acceptors (Lipinski definition) is 3. The van der Waals surface area contributed by atoms with Gasteiger partial charge in [0.05, 0.1) is 19.3 Å². The first-order valence-electron chi connectivity index (χ1n) is 9.96. The predicted octanol–water partition coefficient (Wildman–Crippen LogP) is 4.03. The smallest absolute Gasteiger partial charge is 0.184 e. The highest BCUT2D eigenvalue weighted by atomic mass is 16.7. The lowest BCUT2D eigenvalue weighted by atomic mass is 9.90. The van der Waals surface area contributed by atoms with Crippen molar-refractivity contribution in [3.05, 3.63) is 71.8 Å². The molecule has 1 unspecified atom stereocenters. The Morgan fingerprint density at radius 1 is 0.885 bits per heavy atom. The molecule has 0 amide bonds. The number of fused-ring (bicyclic) bond motifs is 3. The first-order valence-corrected chi connectivity index (χ1v) is 9.96. The van der Waals surface area contributed by atoms with Crippen LogP contribution in [0.2, 0.25) is 0 Å². The summed E-state index contributed by atoms with van der Waals surface area (Å²) in [7, 11) is 0. The average Bonchev–Trinajstić information content (AvgIpc) is 3.23. The lowest BCUT2D eigenvalue weighted by Gasteiger charge is -2.45. The van der Waals surface area contributed by atoms with Crippen LogP contribution in [0.25, 0.3) is 0 Å². The monoisotopic (exact) mass is 349 g/mol. The van der Waals surface area contributed by atoms with Crippen LogP contribution >= 0.6 is 0 Å². The van der Waals surface area contributed by atoms with Crippen molar-refractivity contribution in [3.63, 3.8) is 0 Å². The maximum absolute atomic E-state index is 6.21. The summed E-state index contributed by atoms with van der Waals surface area (Å²) >= 11 is 0. The Balaban J connectivity index is 1.42. The molecule has 3 nitrogen and oxygen atoms in total. The lowest BCUT2D eigenvalue weighted by molar-refractivity contribution is -0.220. The second kappa shape index (κ2) is 6.80. The minimum atomic E-state index is -0.364. The highest BCUT2D eigenvalue weighted by molar-refractivity contribution is 5.20. The highest BCUT2D eigenvalue weighted by Gasteiger charge is 2.58. The van der Waals surface area contributed by atoms with Crippen molar-refractivity contribution in [1.82, 2.24) is 4.90 Å². The van der Waals surface area contributed by atoms with Crippen molar-refractivity contribution in [1.29, 1.82) is 0 Å². The van der Waals surface area contributed by atoms with Crippen molar-refractivity contribution in [2.24, 2.45) is 5.92 Å². The SMILES string of the molecule is c1ccc(CC2C[C@H]3N(Cc4ccccc4)[C@@H]2CCC32OCCO2)cc1. The van der Waals surface area contributed by atoms with E-state index >= 15 is 0 Å². The standard InChI is InChI=1S/C23H27NO2/c1-3-7-18(8-4-1)15-20-16-22-23(25-13-14-26-23)12-11-21(20)24(22)17-19-9-5-2-6-10-19/h1-10,20-22H,11-17H2/t20?,21-,22-/m1/s1. The van der Waals surface area contributed by atoms with E-state index in [1.807, 2.05) is 0 Å². The number of hydrogen-bond donors (Lipinski definition) is 0. The molecule has 3 aliphatic rings. The van der Waals surface area contributed by atoms with E-state index in [0.29, 0.717) is 18.0 Å². The van der Waals surface area contributed by atoms with E-state index in [9.17, 15) is 0 Å². The zero-order valence-corrected chi connectivity index (χ0v) is 15.2. The zero-order chi connectivity index (χ0) is 17.4. The number of nitrogens with zero attached hydrogens (tertiary/aromatic N) is 1. The summed E-state index contributed by atoms with van der Waals surface area (Å²) in [5.41, 5.74) is 2.84. The molecule has 5 rings (SSSR count). The van der Waals surface area contributed by atoms with Gasteiger partial charge in [0.2, 0.25) is 0 Å². The first kappa shape index (κ1) is 16.5. The van der Waals surface area contributed by atoms with Gasteiger partial charge in [-0.3, -0.25) is 4.90 Å². The largest absolute Gasteiger partial charge is 0.346 e. The van der Waals surface area contributed by atoms with Crippen LogP contribution in [-0.2, 0) is 22.4 Å². The molecular weight excluding hydrogens is 322 g/mol. The van der Waals surface area contributed by atoms with Crippen molar-refractivity contribution in [3.8, 4) is 0 Å². The molecular formula is C23H27NO2. The molecule has 2 bridgehead atoms. The third-order valence-corrected chi connectivity index (χ3v) is 6.52. The van der Waals surface area contributed by atoms with Crippen LogP contribution < -0.4 is 0 Å².